The number of nitrogens with one attached hydrogen (secondary N) is 1. The Balaban J connectivity index is 1.48. The van der Waals surface area contributed by atoms with Crippen molar-refractivity contribution in [3.05, 3.63) is 71.1 Å². The van der Waals surface area contributed by atoms with E-state index in [1.165, 1.54) is 23.4 Å². The van der Waals surface area contributed by atoms with Crippen molar-refractivity contribution < 1.29 is 31.6 Å². The van der Waals surface area contributed by atoms with Crippen molar-refractivity contribution in [1.29, 1.82) is 0 Å². The number of likely N-dealkylation sites (tertiary alicyclic amines) is 1. The molecule has 1 N–H and O–H groups in total. The zero-order valence-corrected chi connectivity index (χ0v) is 20.4. The van der Waals surface area contributed by atoms with E-state index < -0.39 is 49.4 Å². The summed E-state index contributed by atoms with van der Waals surface area (Å²) in [5.74, 6) is -1.32. The van der Waals surface area contributed by atoms with E-state index >= 15 is 0 Å². The van der Waals surface area contributed by atoms with Crippen molar-refractivity contribution >= 4 is 11.8 Å². The van der Waals surface area contributed by atoms with Crippen molar-refractivity contribution in [2.75, 3.05) is 13.6 Å². The van der Waals surface area contributed by atoms with Gasteiger partial charge in [0.05, 0.1) is 28.9 Å². The number of nitrogens with zero attached hydrogens (tertiary/aromatic N) is 5. The molecule has 5 rings (SSSR count). The lowest BCUT2D eigenvalue weighted by molar-refractivity contribution is -0.146. The van der Waals surface area contributed by atoms with Crippen LogP contribution in [0.1, 0.15) is 68.5 Å². The molecular formula is C26H27F3N6O3. The highest BCUT2D eigenvalue weighted by Crippen LogP contribution is 2.42. The van der Waals surface area contributed by atoms with Gasteiger partial charge in [-0.25, -0.2) is 9.97 Å². The molecule has 2 aliphatic rings. The number of aromatic nitrogens is 4. The van der Waals surface area contributed by atoms with Crippen LogP contribution >= 0.6 is 0 Å². The molecule has 1 aliphatic heterocycles. The van der Waals surface area contributed by atoms with Crippen LogP contribution in [0.2, 0.25) is 0 Å². The van der Waals surface area contributed by atoms with Gasteiger partial charge in [0, 0.05) is 24.9 Å². The van der Waals surface area contributed by atoms with Crippen molar-refractivity contribution in [3.63, 3.8) is 0 Å². The predicted octanol–water partition coefficient (Wildman–Crippen LogP) is 3.66. The van der Waals surface area contributed by atoms with Crippen molar-refractivity contribution in [2.24, 2.45) is 0 Å². The average molecular weight is 532 g/mol. The number of ether oxygens (including phenoxy) is 1. The zero-order chi connectivity index (χ0) is 29.5. The molecule has 1 aliphatic carbocycles. The van der Waals surface area contributed by atoms with Crippen LogP contribution in [0.25, 0.3) is 0 Å². The SMILES string of the molecule is [2H]C([2H])([2H])Oc1cccc([C@@H]2[C@H](NC(=O)c3ncccn3)CCN2C(=O)Cn2nc(C3CC3)cc2C(F)(F)F)c1C. The number of hydrogen-bond acceptors (Lipinski definition) is 6. The Kier molecular flexibility index (Phi) is 5.85. The molecule has 9 nitrogen and oxygen atoms in total. The number of alkyl halides is 3. The number of halogens is 3. The fourth-order valence-electron chi connectivity index (χ4n) is 4.90. The third kappa shape index (κ3) is 5.07. The molecule has 0 unspecified atom stereocenters. The molecule has 3 aromatic rings. The number of benzene rings is 1. The van der Waals surface area contributed by atoms with Crippen LogP contribution in [-0.4, -0.2) is 56.1 Å². The summed E-state index contributed by atoms with van der Waals surface area (Å²) in [4.78, 5) is 35.9. The minimum Gasteiger partial charge on any atom is -0.496 e. The third-order valence-electron chi connectivity index (χ3n) is 6.93. The summed E-state index contributed by atoms with van der Waals surface area (Å²) in [6.07, 6.45) is -0.122. The van der Waals surface area contributed by atoms with Crippen LogP contribution < -0.4 is 10.1 Å². The molecule has 1 saturated heterocycles. The second kappa shape index (κ2) is 10.1. The minimum atomic E-state index is -4.70. The fourth-order valence-corrected chi connectivity index (χ4v) is 4.90. The van der Waals surface area contributed by atoms with Crippen LogP contribution in [-0.2, 0) is 17.5 Å². The normalized spacial score (nSPS) is 20.9. The van der Waals surface area contributed by atoms with E-state index in [1.54, 1.807) is 25.1 Å². The highest BCUT2D eigenvalue weighted by molar-refractivity contribution is 5.90. The van der Waals surface area contributed by atoms with E-state index in [1.807, 2.05) is 0 Å². The summed E-state index contributed by atoms with van der Waals surface area (Å²) >= 11 is 0. The lowest BCUT2D eigenvalue weighted by Crippen LogP contribution is -2.43. The highest BCUT2D eigenvalue weighted by atomic mass is 19.4. The molecule has 0 bridgehead atoms. The Labute approximate surface area is 221 Å². The molecule has 200 valence electrons. The molecular weight excluding hydrogens is 501 g/mol. The minimum absolute atomic E-state index is 0.0459. The standard InChI is InChI=1S/C26H27F3N6O3/c1-15-17(5-3-6-20(15)38-2)23-18(32-25(37)24-30-10-4-11-31-24)9-12-34(23)22(36)14-35-21(26(27,28)29)13-19(33-35)16-7-8-16/h3-6,10-11,13,16,18,23H,7-9,12,14H2,1-2H3,(H,32,37)/t18-,23-/m1/s1/i2D3. The fraction of sp³-hybridized carbons (Fsp3) is 0.423. The summed E-state index contributed by atoms with van der Waals surface area (Å²) in [6.45, 7) is 1.07. The molecule has 1 saturated carbocycles. The number of hydrogen-bond donors (Lipinski definition) is 1. The highest BCUT2D eigenvalue weighted by Gasteiger charge is 2.42. The Bertz CT molecular complexity index is 1440. The quantitative estimate of drug-likeness (QED) is 0.499. The first kappa shape index (κ1) is 22.1. The molecule has 0 radical (unpaired) electrons. The Hall–Kier alpha value is -3.96. The molecule has 2 aromatic heterocycles. The average Bonchev–Trinajstić information content (AvgIpc) is 3.53. The lowest BCUT2D eigenvalue weighted by Gasteiger charge is -2.31. The van der Waals surface area contributed by atoms with Crippen LogP contribution in [0.15, 0.2) is 42.7 Å². The van der Waals surface area contributed by atoms with Gasteiger partial charge in [0.15, 0.2) is 0 Å². The second-order valence-electron chi connectivity index (χ2n) is 9.43. The Morgan fingerprint density at radius 2 is 1.95 bits per heavy atom. The van der Waals surface area contributed by atoms with Gasteiger partial charge < -0.3 is 15.0 Å². The van der Waals surface area contributed by atoms with Gasteiger partial charge in [-0.2, -0.15) is 18.3 Å². The van der Waals surface area contributed by atoms with Gasteiger partial charge in [0.1, 0.15) is 18.0 Å². The van der Waals surface area contributed by atoms with E-state index in [9.17, 15) is 22.8 Å². The maximum absolute atomic E-state index is 13.8. The van der Waals surface area contributed by atoms with Crippen molar-refractivity contribution in [1.82, 2.24) is 30.0 Å². The van der Waals surface area contributed by atoms with E-state index in [2.05, 4.69) is 20.4 Å². The van der Waals surface area contributed by atoms with Gasteiger partial charge >= 0.3 is 6.18 Å². The zero-order valence-electron chi connectivity index (χ0n) is 23.4. The number of carbonyl (C=O) groups is 2. The van der Waals surface area contributed by atoms with Gasteiger partial charge in [-0.15, -0.1) is 0 Å². The third-order valence-corrected chi connectivity index (χ3v) is 6.93. The number of carbonyl (C=O) groups excluding carboxylic acids is 2. The van der Waals surface area contributed by atoms with E-state index in [4.69, 9.17) is 8.85 Å². The Morgan fingerprint density at radius 3 is 2.63 bits per heavy atom. The number of amides is 2. The molecule has 12 heteroatoms. The van der Waals surface area contributed by atoms with Crippen LogP contribution in [0, 0.1) is 6.92 Å². The van der Waals surface area contributed by atoms with E-state index in [0.717, 1.165) is 18.9 Å². The smallest absolute Gasteiger partial charge is 0.433 e. The molecule has 3 heterocycles. The molecule has 0 spiro atoms. The van der Waals surface area contributed by atoms with Gasteiger partial charge in [0.25, 0.3) is 5.91 Å². The summed E-state index contributed by atoms with van der Waals surface area (Å²) < 4.78 is 69.7. The summed E-state index contributed by atoms with van der Waals surface area (Å²) in [5, 5.41) is 6.95. The maximum Gasteiger partial charge on any atom is 0.433 e. The molecule has 38 heavy (non-hydrogen) atoms. The second-order valence-corrected chi connectivity index (χ2v) is 9.43. The Morgan fingerprint density at radius 1 is 1.18 bits per heavy atom. The monoisotopic (exact) mass is 531 g/mol. The summed E-state index contributed by atoms with van der Waals surface area (Å²) in [7, 11) is -2.74. The first-order chi connectivity index (χ1) is 19.3. The first-order valence-corrected chi connectivity index (χ1v) is 12.1. The van der Waals surface area contributed by atoms with E-state index in [-0.39, 0.29) is 30.5 Å². The summed E-state index contributed by atoms with van der Waals surface area (Å²) in [6, 6.07) is 5.71. The maximum atomic E-state index is 13.8. The predicted molar refractivity (Wildman–Crippen MR) is 129 cm³/mol. The molecule has 2 amide bonds. The molecule has 2 atom stereocenters. The van der Waals surface area contributed by atoms with Crippen LogP contribution in [0.5, 0.6) is 5.75 Å². The summed E-state index contributed by atoms with van der Waals surface area (Å²) in [5.41, 5.74) is 0.196. The lowest BCUT2D eigenvalue weighted by atomic mass is 9.95. The van der Waals surface area contributed by atoms with Crippen LogP contribution in [0.3, 0.4) is 0 Å². The number of methoxy groups -OCH3 is 1. The largest absolute Gasteiger partial charge is 0.496 e. The van der Waals surface area contributed by atoms with Crippen molar-refractivity contribution in [2.45, 2.75) is 56.9 Å². The van der Waals surface area contributed by atoms with Crippen molar-refractivity contribution in [3.8, 4) is 5.75 Å². The van der Waals surface area contributed by atoms with Gasteiger partial charge in [-0.05, 0) is 55.5 Å². The van der Waals surface area contributed by atoms with Gasteiger partial charge in [-0.3, -0.25) is 14.3 Å². The molecule has 1 aromatic carbocycles. The number of rotatable bonds is 7. The van der Waals surface area contributed by atoms with Gasteiger partial charge in [-0.1, -0.05) is 12.1 Å². The van der Waals surface area contributed by atoms with Crippen LogP contribution in [0.4, 0.5) is 13.2 Å². The first-order valence-electron chi connectivity index (χ1n) is 13.6. The van der Waals surface area contributed by atoms with E-state index in [0.29, 0.717) is 21.5 Å². The topological polar surface area (TPSA) is 102 Å². The molecule has 2 fully saturated rings. The van der Waals surface area contributed by atoms with Gasteiger partial charge in [0.2, 0.25) is 11.7 Å².